The van der Waals surface area contributed by atoms with Crippen LogP contribution in [0.1, 0.15) is 25.7 Å². The predicted octanol–water partition coefficient (Wildman–Crippen LogP) is 0.0339. The zero-order valence-corrected chi connectivity index (χ0v) is 10.1. The first-order valence-electron chi connectivity index (χ1n) is 5.76. The summed E-state index contributed by atoms with van der Waals surface area (Å²) in [6, 6.07) is 0.146. The van der Waals surface area contributed by atoms with E-state index >= 15 is 0 Å². The number of ether oxygens (including phenoxy) is 2. The number of hydrogen-bond donors (Lipinski definition) is 2. The van der Waals surface area contributed by atoms with Crippen LogP contribution < -0.4 is 11.1 Å². The zero-order chi connectivity index (χ0) is 12.0. The van der Waals surface area contributed by atoms with Crippen LogP contribution in [0.15, 0.2) is 0 Å². The molecule has 1 aliphatic carbocycles. The normalized spacial score (nSPS) is 26.7. The zero-order valence-electron chi connectivity index (χ0n) is 10.1. The second-order valence-electron chi connectivity index (χ2n) is 4.18. The lowest BCUT2D eigenvalue weighted by molar-refractivity contribution is -0.124. The molecule has 5 nitrogen and oxygen atoms in total. The van der Waals surface area contributed by atoms with Gasteiger partial charge in [0.05, 0.1) is 24.7 Å². The highest BCUT2D eigenvalue weighted by Gasteiger charge is 2.28. The van der Waals surface area contributed by atoms with Crippen LogP contribution >= 0.6 is 0 Å². The molecule has 1 saturated carbocycles. The minimum Gasteiger partial charge on any atom is -0.380 e. The smallest absolute Gasteiger partial charge is 0.222 e. The van der Waals surface area contributed by atoms with E-state index in [1.165, 1.54) is 0 Å². The van der Waals surface area contributed by atoms with Gasteiger partial charge in [0.1, 0.15) is 0 Å². The monoisotopic (exact) mass is 230 g/mol. The molecule has 16 heavy (non-hydrogen) atoms. The molecule has 0 saturated heterocycles. The highest BCUT2D eigenvalue weighted by molar-refractivity contribution is 5.76. The SMILES string of the molecule is COC(CN)CC(=O)NC1CCCC1OC. The summed E-state index contributed by atoms with van der Waals surface area (Å²) in [4.78, 5) is 11.7. The van der Waals surface area contributed by atoms with Gasteiger partial charge in [-0.15, -0.1) is 0 Å². The van der Waals surface area contributed by atoms with Gasteiger partial charge in [-0.2, -0.15) is 0 Å². The molecule has 0 aliphatic heterocycles. The van der Waals surface area contributed by atoms with E-state index in [9.17, 15) is 4.79 Å². The minimum atomic E-state index is -0.192. The van der Waals surface area contributed by atoms with Crippen molar-refractivity contribution in [3.63, 3.8) is 0 Å². The molecule has 0 aromatic heterocycles. The fourth-order valence-electron chi connectivity index (χ4n) is 2.11. The highest BCUT2D eigenvalue weighted by atomic mass is 16.5. The fraction of sp³-hybridized carbons (Fsp3) is 0.909. The molecule has 1 rings (SSSR count). The third-order valence-corrected chi connectivity index (χ3v) is 3.11. The number of hydrogen-bond acceptors (Lipinski definition) is 4. The molecule has 0 spiro atoms. The molecule has 1 amide bonds. The van der Waals surface area contributed by atoms with E-state index in [1.54, 1.807) is 14.2 Å². The Morgan fingerprint density at radius 2 is 2.25 bits per heavy atom. The summed E-state index contributed by atoms with van der Waals surface area (Å²) in [5.41, 5.74) is 5.46. The largest absolute Gasteiger partial charge is 0.380 e. The second kappa shape index (κ2) is 6.83. The number of nitrogens with one attached hydrogen (secondary N) is 1. The molecule has 0 bridgehead atoms. The van der Waals surface area contributed by atoms with Gasteiger partial charge >= 0.3 is 0 Å². The van der Waals surface area contributed by atoms with Crippen LogP contribution in [-0.4, -0.2) is 44.9 Å². The van der Waals surface area contributed by atoms with Crippen LogP contribution in [0.2, 0.25) is 0 Å². The van der Waals surface area contributed by atoms with Crippen molar-refractivity contribution in [2.75, 3.05) is 20.8 Å². The number of amides is 1. The summed E-state index contributed by atoms with van der Waals surface area (Å²) in [5.74, 6) is -0.00810. The van der Waals surface area contributed by atoms with Crippen molar-refractivity contribution in [1.29, 1.82) is 0 Å². The molecular weight excluding hydrogens is 208 g/mol. The van der Waals surface area contributed by atoms with Gasteiger partial charge in [0.15, 0.2) is 0 Å². The summed E-state index contributed by atoms with van der Waals surface area (Å²) < 4.78 is 10.4. The van der Waals surface area contributed by atoms with Gasteiger partial charge in [-0.05, 0) is 19.3 Å². The van der Waals surface area contributed by atoms with E-state index in [-0.39, 0.29) is 24.2 Å². The first kappa shape index (κ1) is 13.4. The van der Waals surface area contributed by atoms with Gasteiger partial charge in [0.2, 0.25) is 5.91 Å². The molecule has 0 aromatic carbocycles. The van der Waals surface area contributed by atoms with Gasteiger partial charge in [-0.25, -0.2) is 0 Å². The van der Waals surface area contributed by atoms with Crippen LogP contribution in [-0.2, 0) is 14.3 Å². The minimum absolute atomic E-state index is 0.00810. The van der Waals surface area contributed by atoms with E-state index in [4.69, 9.17) is 15.2 Å². The van der Waals surface area contributed by atoms with Crippen LogP contribution in [0, 0.1) is 0 Å². The molecule has 3 unspecified atom stereocenters. The summed E-state index contributed by atoms with van der Waals surface area (Å²) in [6.45, 7) is 0.363. The van der Waals surface area contributed by atoms with Gasteiger partial charge in [-0.3, -0.25) is 4.79 Å². The maximum atomic E-state index is 11.7. The summed E-state index contributed by atoms with van der Waals surface area (Å²) >= 11 is 0. The Kier molecular flexibility index (Phi) is 5.73. The van der Waals surface area contributed by atoms with Gasteiger partial charge < -0.3 is 20.5 Å². The predicted molar refractivity (Wildman–Crippen MR) is 61.0 cm³/mol. The summed E-state index contributed by atoms with van der Waals surface area (Å²) in [5, 5.41) is 2.98. The van der Waals surface area contributed by atoms with Crippen LogP contribution in [0.4, 0.5) is 0 Å². The molecule has 1 aliphatic rings. The first-order chi connectivity index (χ1) is 7.71. The van der Waals surface area contributed by atoms with Crippen molar-refractivity contribution < 1.29 is 14.3 Å². The Bertz CT molecular complexity index is 219. The van der Waals surface area contributed by atoms with Crippen molar-refractivity contribution in [2.45, 2.75) is 43.9 Å². The van der Waals surface area contributed by atoms with Crippen molar-refractivity contribution >= 4 is 5.91 Å². The summed E-state index contributed by atoms with van der Waals surface area (Å²) in [7, 11) is 3.26. The quantitative estimate of drug-likeness (QED) is 0.675. The number of methoxy groups -OCH3 is 2. The Morgan fingerprint density at radius 1 is 1.50 bits per heavy atom. The van der Waals surface area contributed by atoms with Gasteiger partial charge in [-0.1, -0.05) is 0 Å². The lowest BCUT2D eigenvalue weighted by atomic mass is 10.2. The van der Waals surface area contributed by atoms with E-state index in [2.05, 4.69) is 5.32 Å². The number of nitrogens with two attached hydrogens (primary N) is 1. The van der Waals surface area contributed by atoms with Crippen LogP contribution in [0.25, 0.3) is 0 Å². The molecule has 1 fully saturated rings. The van der Waals surface area contributed by atoms with E-state index in [0.717, 1.165) is 19.3 Å². The molecule has 3 atom stereocenters. The standard InChI is InChI=1S/C11H22N2O3/c1-15-8(7-12)6-11(14)13-9-4-3-5-10(9)16-2/h8-10H,3-7,12H2,1-2H3,(H,13,14). The number of carbonyl (C=O) groups excluding carboxylic acids is 1. The van der Waals surface area contributed by atoms with E-state index < -0.39 is 0 Å². The average Bonchev–Trinajstić information content (AvgIpc) is 2.73. The number of rotatable bonds is 6. The third-order valence-electron chi connectivity index (χ3n) is 3.11. The van der Waals surface area contributed by atoms with E-state index in [0.29, 0.717) is 13.0 Å². The molecular formula is C11H22N2O3. The average molecular weight is 230 g/mol. The first-order valence-corrected chi connectivity index (χ1v) is 5.76. The molecule has 0 aromatic rings. The van der Waals surface area contributed by atoms with E-state index in [1.807, 2.05) is 0 Å². The van der Waals surface area contributed by atoms with Crippen LogP contribution in [0.5, 0.6) is 0 Å². The van der Waals surface area contributed by atoms with Crippen molar-refractivity contribution in [1.82, 2.24) is 5.32 Å². The summed E-state index contributed by atoms with van der Waals surface area (Å²) in [6.07, 6.45) is 3.40. The van der Waals surface area contributed by atoms with Crippen molar-refractivity contribution in [2.24, 2.45) is 5.73 Å². The number of carbonyl (C=O) groups is 1. The second-order valence-corrected chi connectivity index (χ2v) is 4.18. The fourth-order valence-corrected chi connectivity index (χ4v) is 2.11. The van der Waals surface area contributed by atoms with Crippen LogP contribution in [0.3, 0.4) is 0 Å². The van der Waals surface area contributed by atoms with Gasteiger partial charge in [0, 0.05) is 20.8 Å². The molecule has 5 heteroatoms. The van der Waals surface area contributed by atoms with Crippen molar-refractivity contribution in [3.8, 4) is 0 Å². The molecule has 3 N–H and O–H groups in total. The lowest BCUT2D eigenvalue weighted by Gasteiger charge is -2.21. The molecule has 0 heterocycles. The Balaban J connectivity index is 2.33. The van der Waals surface area contributed by atoms with Gasteiger partial charge in [0.25, 0.3) is 0 Å². The third kappa shape index (κ3) is 3.73. The highest BCUT2D eigenvalue weighted by Crippen LogP contribution is 2.21. The molecule has 0 radical (unpaired) electrons. The maximum Gasteiger partial charge on any atom is 0.222 e. The topological polar surface area (TPSA) is 73.6 Å². The Morgan fingerprint density at radius 3 is 2.81 bits per heavy atom. The maximum absolute atomic E-state index is 11.7. The Labute approximate surface area is 96.7 Å². The lowest BCUT2D eigenvalue weighted by Crippen LogP contribution is -2.42. The Hall–Kier alpha value is -0.650. The van der Waals surface area contributed by atoms with Crippen molar-refractivity contribution in [3.05, 3.63) is 0 Å². The molecule has 94 valence electrons.